The third-order valence-corrected chi connectivity index (χ3v) is 10.9. The van der Waals surface area contributed by atoms with E-state index in [9.17, 15) is 24.2 Å². The van der Waals surface area contributed by atoms with Crippen molar-refractivity contribution in [1.82, 2.24) is 0 Å². The van der Waals surface area contributed by atoms with Gasteiger partial charge < -0.3 is 28.4 Å². The lowest BCUT2D eigenvalue weighted by Gasteiger charge is -2.24. The van der Waals surface area contributed by atoms with Gasteiger partial charge in [-0.2, -0.15) is 0 Å². The van der Waals surface area contributed by atoms with Gasteiger partial charge in [0.1, 0.15) is 31.3 Å². The number of phosphoric ester groups is 1. The number of nitrogens with zero attached hydrogens (tertiary/aromatic N) is 1. The highest BCUT2D eigenvalue weighted by molar-refractivity contribution is 7.47. The van der Waals surface area contributed by atoms with Gasteiger partial charge in [-0.05, 0) is 76.3 Å². The van der Waals surface area contributed by atoms with E-state index in [2.05, 4.69) is 39.8 Å². The van der Waals surface area contributed by atoms with E-state index < -0.39 is 38.6 Å². The number of esters is 2. The standard InChI is InChI=1S/C46H80NO10P/c1-8-10-11-12-13-14-15-16-17-18-19-22-25-30-41(48)31-28-34-46(50)56-42(38-55-58(51,52)54-36-35-47(5,6)7)37-53-45(49)33-27-24-21-20-23-26-32-44-40(4)39(3)43(57-44)29-9-2/h16-17,19,22,25,30,41-42,48H,8-15,18,20-21,23-24,26-29,31-38H2,1-7H3/p+1/b17-16+,22-19+,30-25+/t41?,42-/m1/s1. The minimum absolute atomic E-state index is 0.00598. The van der Waals surface area contributed by atoms with Crippen LogP contribution in [0.25, 0.3) is 0 Å². The molecule has 3 atom stereocenters. The summed E-state index contributed by atoms with van der Waals surface area (Å²) in [5.41, 5.74) is 2.56. The number of allylic oxidation sites excluding steroid dienone is 5. The van der Waals surface area contributed by atoms with Gasteiger partial charge in [0.05, 0.1) is 33.9 Å². The van der Waals surface area contributed by atoms with Gasteiger partial charge in [0.15, 0.2) is 6.10 Å². The molecule has 0 saturated carbocycles. The van der Waals surface area contributed by atoms with Gasteiger partial charge in [-0.15, -0.1) is 0 Å². The van der Waals surface area contributed by atoms with Crippen molar-refractivity contribution >= 4 is 19.8 Å². The van der Waals surface area contributed by atoms with Crippen LogP contribution in [0.15, 0.2) is 40.9 Å². The van der Waals surface area contributed by atoms with E-state index >= 15 is 0 Å². The lowest BCUT2D eigenvalue weighted by atomic mass is 10.0. The molecule has 0 aliphatic carbocycles. The molecule has 334 valence electrons. The minimum Gasteiger partial charge on any atom is -0.466 e. The average Bonchev–Trinajstić information content (AvgIpc) is 3.42. The van der Waals surface area contributed by atoms with Crippen LogP contribution in [-0.4, -0.2) is 86.1 Å². The molecule has 0 amide bonds. The molecule has 0 aliphatic rings. The van der Waals surface area contributed by atoms with E-state index in [0.717, 1.165) is 75.7 Å². The molecule has 0 fully saturated rings. The van der Waals surface area contributed by atoms with Crippen molar-refractivity contribution in [2.24, 2.45) is 0 Å². The fourth-order valence-corrected chi connectivity index (χ4v) is 6.93. The molecule has 1 aromatic heterocycles. The molecule has 0 saturated heterocycles. The number of carbonyl (C=O) groups is 2. The van der Waals surface area contributed by atoms with Crippen LogP contribution < -0.4 is 0 Å². The summed E-state index contributed by atoms with van der Waals surface area (Å²) in [4.78, 5) is 35.5. The molecule has 11 nitrogen and oxygen atoms in total. The second-order valence-electron chi connectivity index (χ2n) is 16.5. The summed E-state index contributed by atoms with van der Waals surface area (Å²) in [6, 6.07) is 0. The summed E-state index contributed by atoms with van der Waals surface area (Å²) in [6.07, 6.45) is 29.4. The Morgan fingerprint density at radius 2 is 1.38 bits per heavy atom. The number of likely N-dealkylation sites (N-methyl/N-ethyl adjacent to an activating group) is 1. The second-order valence-corrected chi connectivity index (χ2v) is 18.0. The number of carbonyl (C=O) groups excluding carboxylic acids is 2. The highest BCUT2D eigenvalue weighted by Gasteiger charge is 2.27. The maximum atomic E-state index is 12.7. The first kappa shape index (κ1) is 53.5. The fraction of sp³-hybridized carbons (Fsp3) is 0.739. The largest absolute Gasteiger partial charge is 0.472 e. The number of aliphatic hydroxyl groups excluding tert-OH is 1. The lowest BCUT2D eigenvalue weighted by molar-refractivity contribution is -0.870. The third-order valence-electron chi connectivity index (χ3n) is 9.95. The van der Waals surface area contributed by atoms with Gasteiger partial charge in [-0.1, -0.05) is 108 Å². The maximum Gasteiger partial charge on any atom is 0.472 e. The van der Waals surface area contributed by atoms with E-state index in [1.54, 1.807) is 12.2 Å². The highest BCUT2D eigenvalue weighted by atomic mass is 31.2. The van der Waals surface area contributed by atoms with Crippen LogP contribution >= 0.6 is 7.82 Å². The molecule has 58 heavy (non-hydrogen) atoms. The van der Waals surface area contributed by atoms with E-state index in [1.807, 2.05) is 33.3 Å². The number of rotatable bonds is 36. The molecule has 0 spiro atoms. The Balaban J connectivity index is 2.45. The Hall–Kier alpha value is -2.53. The molecular weight excluding hydrogens is 757 g/mol. The van der Waals surface area contributed by atoms with Crippen molar-refractivity contribution in [3.63, 3.8) is 0 Å². The summed E-state index contributed by atoms with van der Waals surface area (Å²) < 4.78 is 40.3. The quantitative estimate of drug-likeness (QED) is 0.0167. The van der Waals surface area contributed by atoms with Crippen molar-refractivity contribution in [2.75, 3.05) is 47.5 Å². The number of furan rings is 1. The number of quaternary nitrogens is 1. The third kappa shape index (κ3) is 28.8. The van der Waals surface area contributed by atoms with E-state index in [0.29, 0.717) is 30.3 Å². The Labute approximate surface area is 351 Å². The van der Waals surface area contributed by atoms with Gasteiger partial charge in [-0.25, -0.2) is 4.57 Å². The zero-order valence-corrected chi connectivity index (χ0v) is 38.2. The van der Waals surface area contributed by atoms with E-state index in [-0.39, 0.29) is 26.1 Å². The predicted molar refractivity (Wildman–Crippen MR) is 234 cm³/mol. The van der Waals surface area contributed by atoms with Gasteiger partial charge in [0.25, 0.3) is 0 Å². The van der Waals surface area contributed by atoms with Crippen LogP contribution in [0.3, 0.4) is 0 Å². The molecule has 0 bridgehead atoms. The zero-order valence-electron chi connectivity index (χ0n) is 37.4. The van der Waals surface area contributed by atoms with Crippen LogP contribution in [0, 0.1) is 13.8 Å². The van der Waals surface area contributed by atoms with Crippen LogP contribution in [0.4, 0.5) is 0 Å². The van der Waals surface area contributed by atoms with E-state index in [1.165, 1.54) is 49.7 Å². The number of aliphatic hydroxyl groups is 1. The van der Waals surface area contributed by atoms with Crippen molar-refractivity contribution in [1.29, 1.82) is 0 Å². The van der Waals surface area contributed by atoms with Crippen molar-refractivity contribution in [3.8, 4) is 0 Å². The molecule has 2 unspecified atom stereocenters. The Bertz CT molecular complexity index is 1380. The normalized spacial score (nSPS) is 14.4. The molecular formula is C46H81NO10P+. The lowest BCUT2D eigenvalue weighted by Crippen LogP contribution is -2.37. The number of aryl methyl sites for hydroxylation is 2. The molecule has 0 radical (unpaired) electrons. The van der Waals surface area contributed by atoms with Gasteiger partial charge in [0, 0.05) is 25.7 Å². The molecule has 2 N–H and O–H groups in total. The topological polar surface area (TPSA) is 142 Å². The number of unbranched alkanes of at least 4 members (excludes halogenated alkanes) is 11. The first-order chi connectivity index (χ1) is 27.7. The summed E-state index contributed by atoms with van der Waals surface area (Å²) >= 11 is 0. The average molecular weight is 839 g/mol. The van der Waals surface area contributed by atoms with Gasteiger partial charge in [0.2, 0.25) is 0 Å². The van der Waals surface area contributed by atoms with Gasteiger partial charge >= 0.3 is 19.8 Å². The molecule has 1 heterocycles. The van der Waals surface area contributed by atoms with Gasteiger partial charge in [-0.3, -0.25) is 18.6 Å². The highest BCUT2D eigenvalue weighted by Crippen LogP contribution is 2.43. The summed E-state index contributed by atoms with van der Waals surface area (Å²) in [5, 5.41) is 10.3. The van der Waals surface area contributed by atoms with E-state index in [4.69, 9.17) is 22.9 Å². The monoisotopic (exact) mass is 839 g/mol. The van der Waals surface area contributed by atoms with Crippen molar-refractivity contribution in [2.45, 2.75) is 175 Å². The summed E-state index contributed by atoms with van der Waals surface area (Å²) in [5.74, 6) is 1.19. The van der Waals surface area contributed by atoms with Crippen molar-refractivity contribution < 1.29 is 51.6 Å². The molecule has 12 heteroatoms. The first-order valence-corrected chi connectivity index (χ1v) is 23.7. The Morgan fingerprint density at radius 1 is 0.741 bits per heavy atom. The number of hydrogen-bond acceptors (Lipinski definition) is 9. The number of hydrogen-bond donors (Lipinski definition) is 2. The minimum atomic E-state index is -4.44. The molecule has 1 aromatic rings. The van der Waals surface area contributed by atoms with Crippen molar-refractivity contribution in [3.05, 3.63) is 59.1 Å². The molecule has 0 aliphatic heterocycles. The molecule has 1 rings (SSSR count). The predicted octanol–water partition coefficient (Wildman–Crippen LogP) is 10.8. The van der Waals surface area contributed by atoms with Crippen LogP contribution in [0.1, 0.15) is 158 Å². The first-order valence-electron chi connectivity index (χ1n) is 22.2. The smallest absolute Gasteiger partial charge is 0.466 e. The zero-order chi connectivity index (χ0) is 43.1. The Morgan fingerprint density at radius 3 is 2.07 bits per heavy atom. The number of phosphoric acid groups is 1. The molecule has 0 aromatic carbocycles. The summed E-state index contributed by atoms with van der Waals surface area (Å²) in [7, 11) is 1.33. The second kappa shape index (κ2) is 32.3. The van der Waals surface area contributed by atoms with Crippen LogP contribution in [-0.2, 0) is 45.5 Å². The van der Waals surface area contributed by atoms with Crippen LogP contribution in [0.5, 0.6) is 0 Å². The number of ether oxygens (including phenoxy) is 2. The van der Waals surface area contributed by atoms with Crippen LogP contribution in [0.2, 0.25) is 0 Å². The fourth-order valence-electron chi connectivity index (χ4n) is 6.19. The Kier molecular flexibility index (Phi) is 29.8. The maximum absolute atomic E-state index is 12.7. The summed E-state index contributed by atoms with van der Waals surface area (Å²) in [6.45, 7) is 8.34. The SMILES string of the molecule is CCCCCCCC/C=C/C/C=C/C=C/C(O)CCCC(=O)O[C@H](COC(=O)CCCCCCCCc1oc(CCC)c(C)c1C)COP(=O)(O)OCC[N+](C)(C)C.